The number of hydrogen-bond acceptors (Lipinski definition) is 5. The Morgan fingerprint density at radius 2 is 2.14 bits per heavy atom. The molecule has 0 radical (unpaired) electrons. The lowest BCUT2D eigenvalue weighted by molar-refractivity contribution is -0.384. The third kappa shape index (κ3) is 1.43. The van der Waals surface area contributed by atoms with Crippen molar-refractivity contribution in [3.63, 3.8) is 0 Å². The molecule has 0 amide bonds. The lowest BCUT2D eigenvalue weighted by Gasteiger charge is -1.97. The molecule has 14 heavy (non-hydrogen) atoms. The molecule has 2 rings (SSSR count). The molecule has 0 saturated heterocycles. The third-order valence-electron chi connectivity index (χ3n) is 1.60. The molecule has 1 aromatic heterocycles. The molecule has 8 heteroatoms. The third-order valence-corrected chi connectivity index (χ3v) is 4.10. The highest BCUT2D eigenvalue weighted by Gasteiger charge is 2.22. The average molecular weight is 339 g/mol. The summed E-state index contributed by atoms with van der Waals surface area (Å²) in [6.07, 6.45) is 0. The first-order valence-corrected chi connectivity index (χ1v) is 5.67. The first-order valence-electron chi connectivity index (χ1n) is 3.36. The van der Waals surface area contributed by atoms with E-state index in [0.29, 0.717) is 20.0 Å². The fraction of sp³-hybridized carbons (Fsp3) is 0. The zero-order chi connectivity index (χ0) is 10.3. The Kier molecular flexibility index (Phi) is 2.50. The Bertz CT molecular complexity index is 527. The molecule has 1 aromatic carbocycles. The second-order valence-corrected chi connectivity index (χ2v) is 4.59. The van der Waals surface area contributed by atoms with Gasteiger partial charge in [-0.25, -0.2) is 0 Å². The summed E-state index contributed by atoms with van der Waals surface area (Å²) < 4.78 is 8.81. The molecule has 1 heterocycles. The molecule has 0 bridgehead atoms. The monoisotopic (exact) mass is 337 g/mol. The van der Waals surface area contributed by atoms with Crippen molar-refractivity contribution in [2.75, 3.05) is 0 Å². The van der Waals surface area contributed by atoms with Crippen molar-refractivity contribution in [2.45, 2.75) is 0 Å². The number of rotatable bonds is 1. The predicted molar refractivity (Wildman–Crippen MR) is 59.5 cm³/mol. The Morgan fingerprint density at radius 3 is 2.79 bits per heavy atom. The summed E-state index contributed by atoms with van der Waals surface area (Å²) in [5, 5.41) is 10.8. The van der Waals surface area contributed by atoms with E-state index in [0.717, 1.165) is 11.7 Å². The highest BCUT2D eigenvalue weighted by atomic mass is 79.9. The van der Waals surface area contributed by atoms with Crippen LogP contribution in [-0.4, -0.2) is 13.7 Å². The van der Waals surface area contributed by atoms with Gasteiger partial charge in [-0.1, -0.05) is 0 Å². The van der Waals surface area contributed by atoms with Crippen molar-refractivity contribution >= 4 is 60.3 Å². The van der Waals surface area contributed by atoms with E-state index in [9.17, 15) is 10.1 Å². The van der Waals surface area contributed by atoms with Gasteiger partial charge in [0, 0.05) is 4.47 Å². The van der Waals surface area contributed by atoms with Crippen molar-refractivity contribution in [1.29, 1.82) is 0 Å². The smallest absolute Gasteiger partial charge is 0.258 e. The zero-order valence-corrected chi connectivity index (χ0v) is 10.4. The maximum atomic E-state index is 10.8. The van der Waals surface area contributed by atoms with E-state index in [2.05, 4.69) is 40.6 Å². The van der Waals surface area contributed by atoms with Crippen LogP contribution in [0.1, 0.15) is 0 Å². The number of fused-ring (bicyclic) bond motifs is 1. The Balaban J connectivity index is 2.93. The van der Waals surface area contributed by atoms with Gasteiger partial charge in [0.05, 0.1) is 16.7 Å². The quantitative estimate of drug-likeness (QED) is 0.591. The fourth-order valence-electron chi connectivity index (χ4n) is 1.02. The van der Waals surface area contributed by atoms with Crippen LogP contribution < -0.4 is 0 Å². The summed E-state index contributed by atoms with van der Waals surface area (Å²) in [6.45, 7) is 0. The molecule has 2 aromatic rings. The van der Waals surface area contributed by atoms with Crippen LogP contribution in [0.5, 0.6) is 0 Å². The van der Waals surface area contributed by atoms with Crippen LogP contribution in [0.15, 0.2) is 15.0 Å². The summed E-state index contributed by atoms with van der Waals surface area (Å²) in [7, 11) is 0. The van der Waals surface area contributed by atoms with Crippen LogP contribution in [0, 0.1) is 10.1 Å². The number of benzene rings is 1. The molecule has 5 nitrogen and oxygen atoms in total. The highest BCUT2D eigenvalue weighted by molar-refractivity contribution is 9.13. The van der Waals surface area contributed by atoms with Gasteiger partial charge in [0.15, 0.2) is 5.52 Å². The summed E-state index contributed by atoms with van der Waals surface area (Å²) in [5.74, 6) is 0. The van der Waals surface area contributed by atoms with Gasteiger partial charge in [-0.2, -0.15) is 8.75 Å². The van der Waals surface area contributed by atoms with E-state index in [1.807, 2.05) is 0 Å². The molecule has 0 unspecified atom stereocenters. The SMILES string of the molecule is O=[N+]([O-])c1c(Br)c(Br)cc2nsnc12. The fourth-order valence-corrected chi connectivity index (χ4v) is 2.40. The zero-order valence-electron chi connectivity index (χ0n) is 6.40. The molecule has 72 valence electrons. The van der Waals surface area contributed by atoms with Gasteiger partial charge in [0.1, 0.15) is 9.99 Å². The number of halogens is 2. The molecule has 0 saturated carbocycles. The molecule has 0 fully saturated rings. The summed E-state index contributed by atoms with van der Waals surface area (Å²) in [5.41, 5.74) is 0.787. The minimum absolute atomic E-state index is 0.0527. The number of aromatic nitrogens is 2. The second-order valence-electron chi connectivity index (χ2n) is 2.41. The van der Waals surface area contributed by atoms with E-state index in [1.54, 1.807) is 6.07 Å². The van der Waals surface area contributed by atoms with Crippen LogP contribution in [0.25, 0.3) is 11.0 Å². The summed E-state index contributed by atoms with van der Waals surface area (Å²) in [4.78, 5) is 10.3. The molecule has 0 aliphatic heterocycles. The maximum Gasteiger partial charge on any atom is 0.313 e. The molecular weight excluding hydrogens is 338 g/mol. The van der Waals surface area contributed by atoms with E-state index in [-0.39, 0.29) is 5.69 Å². The highest BCUT2D eigenvalue weighted by Crippen LogP contribution is 2.37. The van der Waals surface area contributed by atoms with Crippen molar-refractivity contribution in [3.8, 4) is 0 Å². The number of hydrogen-bond donors (Lipinski definition) is 0. The predicted octanol–water partition coefficient (Wildman–Crippen LogP) is 3.12. The number of nitro benzene ring substituents is 1. The van der Waals surface area contributed by atoms with Gasteiger partial charge in [-0.05, 0) is 37.9 Å². The van der Waals surface area contributed by atoms with Crippen molar-refractivity contribution in [3.05, 3.63) is 25.1 Å². The van der Waals surface area contributed by atoms with Gasteiger partial charge in [0.25, 0.3) is 0 Å². The molecule has 0 atom stereocenters. The normalized spacial score (nSPS) is 10.7. The first-order chi connectivity index (χ1) is 6.61. The van der Waals surface area contributed by atoms with Gasteiger partial charge < -0.3 is 0 Å². The lowest BCUT2D eigenvalue weighted by Crippen LogP contribution is -1.91. The molecular formula is C6HBr2N3O2S. The van der Waals surface area contributed by atoms with E-state index >= 15 is 0 Å². The van der Waals surface area contributed by atoms with E-state index < -0.39 is 4.92 Å². The number of nitrogens with zero attached hydrogens (tertiary/aromatic N) is 3. The Hall–Kier alpha value is -0.600. The summed E-state index contributed by atoms with van der Waals surface area (Å²) >= 11 is 7.30. The standard InChI is InChI=1S/C6HBr2N3O2S/c7-2-1-3-5(10-14-9-3)6(4(2)8)11(12)13/h1H. The van der Waals surface area contributed by atoms with Crippen LogP contribution in [0.2, 0.25) is 0 Å². The van der Waals surface area contributed by atoms with Crippen molar-refractivity contribution in [1.82, 2.24) is 8.75 Å². The van der Waals surface area contributed by atoms with Crippen LogP contribution in [0.4, 0.5) is 5.69 Å². The van der Waals surface area contributed by atoms with Crippen LogP contribution in [-0.2, 0) is 0 Å². The van der Waals surface area contributed by atoms with Gasteiger partial charge in [-0.15, -0.1) is 0 Å². The minimum Gasteiger partial charge on any atom is -0.258 e. The average Bonchev–Trinajstić information content (AvgIpc) is 2.52. The topological polar surface area (TPSA) is 68.9 Å². The Morgan fingerprint density at radius 1 is 1.43 bits per heavy atom. The molecule has 0 N–H and O–H groups in total. The van der Waals surface area contributed by atoms with Gasteiger partial charge in [0.2, 0.25) is 0 Å². The minimum atomic E-state index is -0.474. The van der Waals surface area contributed by atoms with Gasteiger partial charge >= 0.3 is 5.69 Å². The van der Waals surface area contributed by atoms with Crippen LogP contribution in [0.3, 0.4) is 0 Å². The number of nitro groups is 1. The maximum absolute atomic E-state index is 10.8. The largest absolute Gasteiger partial charge is 0.313 e. The van der Waals surface area contributed by atoms with E-state index in [4.69, 9.17) is 0 Å². The van der Waals surface area contributed by atoms with Crippen LogP contribution >= 0.6 is 43.6 Å². The first kappa shape index (κ1) is 9.94. The summed E-state index contributed by atoms with van der Waals surface area (Å²) in [6, 6.07) is 1.69. The molecule has 0 aliphatic carbocycles. The molecule has 0 aliphatic rings. The lowest BCUT2D eigenvalue weighted by atomic mass is 10.3. The van der Waals surface area contributed by atoms with E-state index in [1.165, 1.54) is 0 Å². The van der Waals surface area contributed by atoms with Crippen molar-refractivity contribution in [2.24, 2.45) is 0 Å². The van der Waals surface area contributed by atoms with Gasteiger partial charge in [-0.3, -0.25) is 10.1 Å². The second kappa shape index (κ2) is 3.52. The van der Waals surface area contributed by atoms with Crippen molar-refractivity contribution < 1.29 is 4.92 Å². The Labute approximate surface area is 98.9 Å². The molecule has 0 spiro atoms.